The third-order valence-electron chi connectivity index (χ3n) is 4.30. The van der Waals surface area contributed by atoms with E-state index < -0.39 is 5.95 Å². The van der Waals surface area contributed by atoms with Crippen LogP contribution in [0.5, 0.6) is 0 Å². The van der Waals surface area contributed by atoms with Gasteiger partial charge >= 0.3 is 0 Å². The number of fused-ring (bicyclic) bond motifs is 1. The number of hydrogen-bond donors (Lipinski definition) is 2. The van der Waals surface area contributed by atoms with Gasteiger partial charge in [0.05, 0.1) is 17.5 Å². The van der Waals surface area contributed by atoms with E-state index in [2.05, 4.69) is 20.5 Å². The maximum Gasteiger partial charge on any atom is 0.243 e. The molecule has 0 aromatic carbocycles. The van der Waals surface area contributed by atoms with E-state index in [1.807, 2.05) is 0 Å². The van der Waals surface area contributed by atoms with Gasteiger partial charge in [-0.1, -0.05) is 0 Å². The molecule has 4 rings (SSSR count). The zero-order valence-corrected chi connectivity index (χ0v) is 12.8. The van der Waals surface area contributed by atoms with Gasteiger partial charge < -0.3 is 11.1 Å². The third kappa shape index (κ3) is 2.35. The average Bonchev–Trinajstić information content (AvgIpc) is 3.11. The molecule has 1 atom stereocenters. The summed E-state index contributed by atoms with van der Waals surface area (Å²) in [6.45, 7) is 1.89. The average molecular weight is 315 g/mol. The molecule has 0 spiro atoms. The minimum atomic E-state index is -0.587. The minimum Gasteiger partial charge on any atom is -0.384 e. The van der Waals surface area contributed by atoms with Crippen LogP contribution in [0.3, 0.4) is 0 Å². The number of nitrogens with two attached hydrogens (primary N) is 1. The molecule has 1 unspecified atom stereocenters. The van der Waals surface area contributed by atoms with Crippen molar-refractivity contribution in [3.05, 3.63) is 30.1 Å². The summed E-state index contributed by atoms with van der Waals surface area (Å²) in [4.78, 5) is 4.67. The maximum absolute atomic E-state index is 14.4. The molecule has 0 aliphatic carbocycles. The van der Waals surface area contributed by atoms with Crippen LogP contribution in [-0.4, -0.2) is 37.5 Å². The van der Waals surface area contributed by atoms with Gasteiger partial charge in [0, 0.05) is 37.3 Å². The van der Waals surface area contributed by atoms with Crippen molar-refractivity contribution in [2.45, 2.75) is 18.8 Å². The van der Waals surface area contributed by atoms with Crippen molar-refractivity contribution < 1.29 is 4.39 Å². The highest BCUT2D eigenvalue weighted by Gasteiger charge is 2.23. The van der Waals surface area contributed by atoms with Crippen LogP contribution < -0.4 is 11.1 Å². The molecular formula is C15H18FN7. The van der Waals surface area contributed by atoms with Crippen molar-refractivity contribution in [1.29, 1.82) is 0 Å². The summed E-state index contributed by atoms with van der Waals surface area (Å²) in [5.74, 6) is 0.0940. The smallest absolute Gasteiger partial charge is 0.243 e. The molecular weight excluding hydrogens is 297 g/mol. The second-order valence-corrected chi connectivity index (χ2v) is 5.95. The fourth-order valence-corrected chi connectivity index (χ4v) is 3.15. The molecule has 4 heterocycles. The van der Waals surface area contributed by atoms with E-state index in [9.17, 15) is 4.39 Å². The van der Waals surface area contributed by atoms with Crippen molar-refractivity contribution in [3.8, 4) is 11.1 Å². The van der Waals surface area contributed by atoms with E-state index in [-0.39, 0.29) is 5.92 Å². The molecule has 0 bridgehead atoms. The molecule has 3 aromatic rings. The highest BCUT2D eigenvalue weighted by atomic mass is 19.1. The molecule has 1 fully saturated rings. The van der Waals surface area contributed by atoms with Gasteiger partial charge in [-0.25, -0.2) is 4.98 Å². The lowest BCUT2D eigenvalue weighted by Crippen LogP contribution is -2.29. The Morgan fingerprint density at radius 3 is 3.00 bits per heavy atom. The lowest BCUT2D eigenvalue weighted by atomic mass is 9.96. The van der Waals surface area contributed by atoms with Gasteiger partial charge in [0.15, 0.2) is 5.65 Å². The van der Waals surface area contributed by atoms with Crippen LogP contribution in [-0.2, 0) is 7.05 Å². The lowest BCUT2D eigenvalue weighted by Gasteiger charge is -2.22. The van der Waals surface area contributed by atoms with Crippen LogP contribution in [0.1, 0.15) is 24.5 Å². The first-order chi connectivity index (χ1) is 11.1. The Kier molecular flexibility index (Phi) is 3.26. The SMILES string of the molecule is Cn1cc(-c2c(F)nn3c(N)cc(C4CCCNC4)nc23)cn1. The zero-order valence-electron chi connectivity index (χ0n) is 12.8. The molecule has 0 radical (unpaired) electrons. The zero-order chi connectivity index (χ0) is 16.0. The molecule has 8 heteroatoms. The van der Waals surface area contributed by atoms with Gasteiger partial charge in [0.2, 0.25) is 5.95 Å². The highest BCUT2D eigenvalue weighted by molar-refractivity contribution is 5.77. The monoisotopic (exact) mass is 315 g/mol. The van der Waals surface area contributed by atoms with Crippen molar-refractivity contribution in [2.24, 2.45) is 7.05 Å². The topological polar surface area (TPSA) is 86.1 Å². The van der Waals surface area contributed by atoms with E-state index in [1.165, 1.54) is 4.52 Å². The third-order valence-corrected chi connectivity index (χ3v) is 4.30. The summed E-state index contributed by atoms with van der Waals surface area (Å²) < 4.78 is 17.4. The molecule has 1 aliphatic rings. The van der Waals surface area contributed by atoms with Crippen molar-refractivity contribution in [3.63, 3.8) is 0 Å². The molecule has 0 saturated carbocycles. The first-order valence-corrected chi connectivity index (χ1v) is 7.68. The van der Waals surface area contributed by atoms with E-state index in [0.717, 1.165) is 31.6 Å². The fraction of sp³-hybridized carbons (Fsp3) is 0.400. The Morgan fingerprint density at radius 2 is 2.30 bits per heavy atom. The van der Waals surface area contributed by atoms with Gasteiger partial charge in [-0.05, 0) is 19.4 Å². The Morgan fingerprint density at radius 1 is 1.43 bits per heavy atom. The van der Waals surface area contributed by atoms with Crippen LogP contribution in [0.15, 0.2) is 18.5 Å². The number of hydrogen-bond acceptors (Lipinski definition) is 5. The number of rotatable bonds is 2. The van der Waals surface area contributed by atoms with Gasteiger partial charge in [-0.3, -0.25) is 4.68 Å². The fourth-order valence-electron chi connectivity index (χ4n) is 3.15. The standard InChI is InChI=1S/C15H18FN7/c1-22-8-10(7-19-22)13-14(16)21-23-12(17)5-11(20-15(13)23)9-3-2-4-18-6-9/h5,7-9,18H,2-4,6,17H2,1H3. The van der Waals surface area contributed by atoms with Gasteiger partial charge in [0.1, 0.15) is 5.82 Å². The number of aromatic nitrogens is 5. The molecule has 0 amide bonds. The summed E-state index contributed by atoms with van der Waals surface area (Å²) in [6, 6.07) is 1.80. The van der Waals surface area contributed by atoms with Crippen LogP contribution in [0.2, 0.25) is 0 Å². The first-order valence-electron chi connectivity index (χ1n) is 7.68. The van der Waals surface area contributed by atoms with Crippen molar-refractivity contribution in [1.82, 2.24) is 29.7 Å². The van der Waals surface area contributed by atoms with Gasteiger partial charge in [-0.2, -0.15) is 14.0 Å². The normalized spacial score (nSPS) is 18.6. The Hall–Kier alpha value is -2.48. The Bertz CT molecular complexity index is 860. The molecule has 3 N–H and O–H groups in total. The van der Waals surface area contributed by atoms with Crippen LogP contribution >= 0.6 is 0 Å². The van der Waals surface area contributed by atoms with E-state index in [4.69, 9.17) is 5.73 Å². The number of piperidine rings is 1. The summed E-state index contributed by atoms with van der Waals surface area (Å²) in [7, 11) is 1.79. The van der Waals surface area contributed by atoms with Crippen LogP contribution in [0, 0.1) is 5.95 Å². The minimum absolute atomic E-state index is 0.288. The number of nitrogens with zero attached hydrogens (tertiary/aromatic N) is 5. The van der Waals surface area contributed by atoms with Crippen LogP contribution in [0.4, 0.5) is 10.2 Å². The van der Waals surface area contributed by atoms with Crippen LogP contribution in [0.25, 0.3) is 16.8 Å². The first kappa shape index (κ1) is 14.1. The van der Waals surface area contributed by atoms with Gasteiger partial charge in [-0.15, -0.1) is 5.10 Å². The summed E-state index contributed by atoms with van der Waals surface area (Å²) >= 11 is 0. The molecule has 3 aromatic heterocycles. The highest BCUT2D eigenvalue weighted by Crippen LogP contribution is 2.30. The lowest BCUT2D eigenvalue weighted by molar-refractivity contribution is 0.455. The maximum atomic E-state index is 14.4. The van der Waals surface area contributed by atoms with Crippen molar-refractivity contribution in [2.75, 3.05) is 18.8 Å². The van der Waals surface area contributed by atoms with Gasteiger partial charge in [0.25, 0.3) is 0 Å². The molecule has 120 valence electrons. The number of halogens is 1. The Labute approximate surface area is 132 Å². The summed E-state index contributed by atoms with van der Waals surface area (Å²) in [6.07, 6.45) is 5.49. The number of anilines is 1. The number of nitrogens with one attached hydrogen (secondary N) is 1. The molecule has 1 aliphatic heterocycles. The molecule has 7 nitrogen and oxygen atoms in total. The number of nitrogen functional groups attached to an aromatic ring is 1. The number of aryl methyl sites for hydroxylation is 1. The molecule has 1 saturated heterocycles. The Balaban J connectivity index is 1.89. The summed E-state index contributed by atoms with van der Waals surface area (Å²) in [5.41, 5.74) is 8.39. The summed E-state index contributed by atoms with van der Waals surface area (Å²) in [5, 5.41) is 11.4. The van der Waals surface area contributed by atoms with E-state index in [0.29, 0.717) is 22.6 Å². The van der Waals surface area contributed by atoms with Crippen molar-refractivity contribution >= 4 is 11.5 Å². The quantitative estimate of drug-likeness (QED) is 0.745. The second kappa shape index (κ2) is 5.31. The van der Waals surface area contributed by atoms with E-state index in [1.54, 1.807) is 30.2 Å². The second-order valence-electron chi connectivity index (χ2n) is 5.95. The molecule has 23 heavy (non-hydrogen) atoms. The predicted octanol–water partition coefficient (Wildman–Crippen LogP) is 1.32. The van der Waals surface area contributed by atoms with E-state index >= 15 is 0 Å². The predicted molar refractivity (Wildman–Crippen MR) is 84.4 cm³/mol. The largest absolute Gasteiger partial charge is 0.384 e.